The van der Waals surface area contributed by atoms with Gasteiger partial charge in [-0.15, -0.1) is 0 Å². The zero-order chi connectivity index (χ0) is 15.1. The number of hydrogen-bond donors (Lipinski definition) is 0. The van der Waals surface area contributed by atoms with E-state index in [1.165, 1.54) is 77.0 Å². The smallest absolute Gasteiger partial charge is 0.203 e. The maximum Gasteiger partial charge on any atom is 1.00 e. The van der Waals surface area contributed by atoms with Crippen molar-refractivity contribution >= 4 is 13.1 Å². The van der Waals surface area contributed by atoms with Crippen LogP contribution in [0.5, 0.6) is 0 Å². The molecular weight excluding hydrogens is 262 g/mol. The van der Waals surface area contributed by atoms with E-state index in [1.807, 2.05) is 0 Å². The van der Waals surface area contributed by atoms with E-state index in [1.54, 1.807) is 15.8 Å². The van der Waals surface area contributed by atoms with Crippen molar-refractivity contribution in [3.63, 3.8) is 0 Å². The van der Waals surface area contributed by atoms with Gasteiger partial charge in [0.1, 0.15) is 13.1 Å². The van der Waals surface area contributed by atoms with E-state index in [2.05, 4.69) is 26.6 Å². The summed E-state index contributed by atoms with van der Waals surface area (Å²) in [7, 11) is 0. The van der Waals surface area contributed by atoms with E-state index >= 15 is 0 Å². The van der Waals surface area contributed by atoms with Gasteiger partial charge in [0.05, 0.1) is 0 Å². The molecule has 0 fully saturated rings. The van der Waals surface area contributed by atoms with E-state index in [4.69, 9.17) is 0 Å². The predicted octanol–water partition coefficient (Wildman–Crippen LogP) is 4.81. The first-order chi connectivity index (χ1) is 9.68. The standard InChI is InChI=1S/3C6H13.CH3.Al.Li/c3*1-3-5-6-4-2;;;/h3*1,3-6H2,2H3;1H3;;/q;;;;-1;+1. The molecule has 0 atom stereocenters. The van der Waals surface area contributed by atoms with E-state index in [9.17, 15) is 0 Å². The molecule has 0 aliphatic heterocycles. The number of hydrogen-bond acceptors (Lipinski definition) is 0. The molecule has 0 saturated carbocycles. The number of rotatable bonds is 15. The molecule has 0 N–H and O–H groups in total. The van der Waals surface area contributed by atoms with Crippen LogP contribution < -0.4 is 18.9 Å². The van der Waals surface area contributed by atoms with Gasteiger partial charge in [-0.2, -0.15) is 15.8 Å². The minimum atomic E-state index is -1.21. The van der Waals surface area contributed by atoms with Crippen LogP contribution in [0.15, 0.2) is 0 Å². The third-order valence-corrected chi connectivity index (χ3v) is 10.7. The molecule has 122 valence electrons. The van der Waals surface area contributed by atoms with Crippen LogP contribution in [0.4, 0.5) is 0 Å². The third-order valence-electron chi connectivity index (χ3n) is 5.26. The Hall–Kier alpha value is 1.13. The minimum Gasteiger partial charge on any atom is -0.203 e. The first-order valence-electron chi connectivity index (χ1n) is 9.92. The summed E-state index contributed by atoms with van der Waals surface area (Å²) in [5.41, 5.74) is 0. The van der Waals surface area contributed by atoms with Gasteiger partial charge < -0.3 is 0 Å². The van der Waals surface area contributed by atoms with E-state index in [-0.39, 0.29) is 18.9 Å². The Kier molecular flexibility index (Phi) is 20.3. The Morgan fingerprint density at radius 2 is 0.762 bits per heavy atom. The first kappa shape index (κ1) is 24.4. The van der Waals surface area contributed by atoms with Gasteiger partial charge in [0.25, 0.3) is 0 Å². The summed E-state index contributed by atoms with van der Waals surface area (Å²) < 4.78 is 0. The van der Waals surface area contributed by atoms with Gasteiger partial charge in [0, 0.05) is 0 Å². The van der Waals surface area contributed by atoms with Crippen molar-refractivity contribution in [2.24, 2.45) is 0 Å². The van der Waals surface area contributed by atoms with Gasteiger partial charge in [0.15, 0.2) is 0 Å². The second-order valence-electron chi connectivity index (χ2n) is 7.64. The quantitative estimate of drug-likeness (QED) is 0.301. The van der Waals surface area contributed by atoms with Gasteiger partial charge >= 0.3 is 18.9 Å². The zero-order valence-electron chi connectivity index (χ0n) is 16.2. The van der Waals surface area contributed by atoms with Crippen molar-refractivity contribution in [2.75, 3.05) is 0 Å². The summed E-state index contributed by atoms with van der Waals surface area (Å²) in [5.74, 6) is 2.75. The average Bonchev–Trinajstić information content (AvgIpc) is 2.45. The second kappa shape index (κ2) is 17.5. The Labute approximate surface area is 151 Å². The molecule has 0 heterocycles. The van der Waals surface area contributed by atoms with Gasteiger partial charge in [-0.25, -0.2) is 5.79 Å². The molecule has 0 aliphatic carbocycles. The Balaban J connectivity index is 0. The fourth-order valence-corrected chi connectivity index (χ4v) is 8.31. The zero-order valence-corrected chi connectivity index (χ0v) is 17.3. The molecule has 0 saturated heterocycles. The molecule has 0 unspecified atom stereocenters. The van der Waals surface area contributed by atoms with Crippen LogP contribution in [0.2, 0.25) is 21.6 Å². The molecule has 2 heteroatoms. The van der Waals surface area contributed by atoms with Crippen LogP contribution in [0.3, 0.4) is 0 Å². The summed E-state index contributed by atoms with van der Waals surface area (Å²) in [5, 5.41) is 4.93. The van der Waals surface area contributed by atoms with Crippen molar-refractivity contribution < 1.29 is 18.9 Å². The predicted molar refractivity (Wildman–Crippen MR) is 98.5 cm³/mol. The van der Waals surface area contributed by atoms with Crippen molar-refractivity contribution in [2.45, 2.75) is 119 Å². The maximum absolute atomic E-state index is 2.75. The van der Waals surface area contributed by atoms with Gasteiger partial charge in [0.2, 0.25) is 0 Å². The molecular formula is C19H42AlLi. The molecule has 0 aliphatic rings. The largest absolute Gasteiger partial charge is 1.00 e. The van der Waals surface area contributed by atoms with Crippen molar-refractivity contribution in [1.82, 2.24) is 0 Å². The SMILES string of the molecule is CCCCC[CH2][Al-]([CH3])([CH2]CCCCC)[CH2]CCCCC.[Li+]. The van der Waals surface area contributed by atoms with Crippen LogP contribution in [0, 0.1) is 0 Å². The molecule has 0 aromatic rings. The summed E-state index contributed by atoms with van der Waals surface area (Å²) >= 11 is -1.21. The number of unbranched alkanes of at least 4 members (excludes halogenated alkanes) is 9. The molecule has 0 bridgehead atoms. The fraction of sp³-hybridized carbons (Fsp3) is 1.00. The van der Waals surface area contributed by atoms with Crippen LogP contribution in [0.1, 0.15) is 97.8 Å². The van der Waals surface area contributed by atoms with Gasteiger partial charge in [-0.1, -0.05) is 97.8 Å². The molecule has 0 spiro atoms. The van der Waals surface area contributed by atoms with Crippen molar-refractivity contribution in [3.8, 4) is 0 Å². The molecule has 0 rings (SSSR count). The van der Waals surface area contributed by atoms with Crippen LogP contribution in [0.25, 0.3) is 0 Å². The topological polar surface area (TPSA) is 0 Å². The van der Waals surface area contributed by atoms with Crippen molar-refractivity contribution in [3.05, 3.63) is 0 Å². The van der Waals surface area contributed by atoms with Crippen LogP contribution >= 0.6 is 0 Å². The molecule has 0 radical (unpaired) electrons. The monoisotopic (exact) mass is 304 g/mol. The Bertz CT molecular complexity index is 163. The van der Waals surface area contributed by atoms with Gasteiger partial charge in [-0.3, -0.25) is 0 Å². The van der Waals surface area contributed by atoms with E-state index in [0.717, 1.165) is 0 Å². The fourth-order valence-electron chi connectivity index (χ4n) is 3.62. The molecule has 0 aromatic carbocycles. The molecule has 0 nitrogen and oxygen atoms in total. The van der Waals surface area contributed by atoms with Gasteiger partial charge in [-0.05, 0) is 0 Å². The molecule has 0 amide bonds. The van der Waals surface area contributed by atoms with E-state index < -0.39 is 13.1 Å². The molecule has 21 heavy (non-hydrogen) atoms. The maximum atomic E-state index is 2.75. The third kappa shape index (κ3) is 15.8. The summed E-state index contributed by atoms with van der Waals surface area (Å²) in [4.78, 5) is 0. The van der Waals surface area contributed by atoms with Crippen molar-refractivity contribution in [1.29, 1.82) is 0 Å². The normalized spacial score (nSPS) is 11.4. The Morgan fingerprint density at radius 1 is 0.476 bits per heavy atom. The first-order valence-corrected chi connectivity index (χ1v) is 13.5. The summed E-state index contributed by atoms with van der Waals surface area (Å²) in [6, 6.07) is 0. The van der Waals surface area contributed by atoms with Crippen LogP contribution in [-0.2, 0) is 0 Å². The molecule has 0 aromatic heterocycles. The summed E-state index contributed by atoms with van der Waals surface area (Å²) in [6.07, 6.45) is 17.6. The summed E-state index contributed by atoms with van der Waals surface area (Å²) in [6.45, 7) is 6.98. The Morgan fingerprint density at radius 3 is 1.00 bits per heavy atom. The van der Waals surface area contributed by atoms with Crippen LogP contribution in [-0.4, -0.2) is 13.1 Å². The second-order valence-corrected chi connectivity index (χ2v) is 13.6. The minimum absolute atomic E-state index is 0. The van der Waals surface area contributed by atoms with E-state index in [0.29, 0.717) is 0 Å². The average molecular weight is 304 g/mol.